The molecule has 19 heavy (non-hydrogen) atoms. The van der Waals surface area contributed by atoms with Gasteiger partial charge in [-0.1, -0.05) is 0 Å². The number of primary amides is 1. The molecule has 104 valence electrons. The predicted molar refractivity (Wildman–Crippen MR) is 69.7 cm³/mol. The number of benzene rings is 1. The van der Waals surface area contributed by atoms with Crippen LogP contribution in [-0.4, -0.2) is 50.3 Å². The van der Waals surface area contributed by atoms with E-state index < -0.39 is 0 Å². The van der Waals surface area contributed by atoms with E-state index in [4.69, 9.17) is 5.11 Å². The number of nitrogens with two attached hydrogens (primary N) is 1. The van der Waals surface area contributed by atoms with Crippen molar-refractivity contribution in [1.29, 1.82) is 0 Å². The number of carbonyl (C=O) groups is 1. The summed E-state index contributed by atoms with van der Waals surface area (Å²) in [6, 6.07) is 4.56. The summed E-state index contributed by atoms with van der Waals surface area (Å²) in [5.74, 6) is -0.620. The van der Waals surface area contributed by atoms with Crippen LogP contribution in [0.4, 0.5) is 10.1 Å². The van der Waals surface area contributed by atoms with Gasteiger partial charge in [0.15, 0.2) is 0 Å². The second-order valence-corrected chi connectivity index (χ2v) is 4.48. The van der Waals surface area contributed by atoms with Crippen molar-refractivity contribution in [1.82, 2.24) is 5.32 Å². The lowest BCUT2D eigenvalue weighted by Crippen LogP contribution is -2.88. The summed E-state index contributed by atoms with van der Waals surface area (Å²) in [4.78, 5) is 13.7. The number of piperazine rings is 1. The van der Waals surface area contributed by atoms with Gasteiger partial charge in [-0.2, -0.15) is 0 Å². The second-order valence-electron chi connectivity index (χ2n) is 4.48. The first-order chi connectivity index (χ1) is 9.22. The Balaban J connectivity index is 2.10. The molecule has 0 atom stereocenters. The van der Waals surface area contributed by atoms with E-state index in [0.29, 0.717) is 17.8 Å². The maximum Gasteiger partial charge on any atom is 0.342 e. The first kappa shape index (κ1) is 13.9. The van der Waals surface area contributed by atoms with Gasteiger partial charge in [-0.05, 0) is 18.2 Å². The van der Waals surface area contributed by atoms with Crippen molar-refractivity contribution in [2.24, 2.45) is 0 Å². The van der Waals surface area contributed by atoms with Crippen LogP contribution in [0.1, 0.15) is 10.4 Å². The molecule has 0 aliphatic carbocycles. The summed E-state index contributed by atoms with van der Waals surface area (Å²) >= 11 is 0. The normalized spacial score (nSPS) is 15.6. The topological polar surface area (TPSA) is 69.2 Å². The zero-order chi connectivity index (χ0) is 13.7. The molecule has 0 saturated carbocycles. The van der Waals surface area contributed by atoms with Crippen LogP contribution in [0.5, 0.6) is 0 Å². The van der Waals surface area contributed by atoms with Gasteiger partial charge < -0.3 is 15.3 Å². The Kier molecular flexibility index (Phi) is 4.84. The van der Waals surface area contributed by atoms with E-state index in [2.05, 4.69) is 5.32 Å². The minimum absolute atomic E-state index is 0.0763. The zero-order valence-electron chi connectivity index (χ0n) is 10.7. The lowest BCUT2D eigenvalue weighted by Gasteiger charge is -2.29. The molecule has 4 N–H and O–H groups in total. The number of rotatable bonds is 4. The molecule has 2 rings (SSSR count). The van der Waals surface area contributed by atoms with E-state index >= 15 is 0 Å². The van der Waals surface area contributed by atoms with Gasteiger partial charge in [-0.25, -0.2) is 9.18 Å². The Labute approximate surface area is 111 Å². The van der Waals surface area contributed by atoms with E-state index in [-0.39, 0.29) is 18.3 Å². The predicted octanol–water partition coefficient (Wildman–Crippen LogP) is -1.07. The minimum Gasteiger partial charge on any atom is -0.390 e. The van der Waals surface area contributed by atoms with Crippen LogP contribution in [0.15, 0.2) is 18.2 Å². The smallest absolute Gasteiger partial charge is 0.342 e. The van der Waals surface area contributed by atoms with Crippen molar-refractivity contribution in [3.8, 4) is 0 Å². The van der Waals surface area contributed by atoms with E-state index in [9.17, 15) is 9.18 Å². The maximum absolute atomic E-state index is 14.0. The minimum atomic E-state index is -0.370. The van der Waals surface area contributed by atoms with Crippen LogP contribution in [0.3, 0.4) is 0 Å². The Hall–Kier alpha value is -1.50. The highest BCUT2D eigenvalue weighted by atomic mass is 19.1. The fourth-order valence-electron chi connectivity index (χ4n) is 2.14. The standard InChI is InChI=1S/C13H18FN3O2/c14-11-9-10(13(19)16-5-8-18)1-2-12(11)17-6-3-15-4-7-17/h1-2,9,15,18H,3-8H2,(H,16,19)/p+1. The number of amides is 1. The van der Waals surface area contributed by atoms with Crippen molar-refractivity contribution in [3.05, 3.63) is 29.6 Å². The number of anilines is 1. The lowest BCUT2D eigenvalue weighted by atomic mass is 10.1. The highest BCUT2D eigenvalue weighted by Crippen LogP contribution is 2.20. The monoisotopic (exact) mass is 268 g/mol. The van der Waals surface area contributed by atoms with Gasteiger partial charge >= 0.3 is 5.91 Å². The van der Waals surface area contributed by atoms with Gasteiger partial charge in [0.05, 0.1) is 17.9 Å². The number of aliphatic hydroxyl groups excluding tert-OH is 1. The number of nitrogens with zero attached hydrogens (tertiary/aromatic N) is 1. The lowest BCUT2D eigenvalue weighted by molar-refractivity contribution is -0.557. The molecule has 0 unspecified atom stereocenters. The average Bonchev–Trinajstić information content (AvgIpc) is 2.45. The number of carbonyl (C=O) groups excluding carboxylic acids is 1. The quantitative estimate of drug-likeness (QED) is 0.650. The molecule has 1 aromatic carbocycles. The molecular formula is C13H19FN3O2+. The summed E-state index contributed by atoms with van der Waals surface area (Å²) in [6.45, 7) is 3.42. The van der Waals surface area contributed by atoms with Crippen LogP contribution in [0.25, 0.3) is 0 Å². The van der Waals surface area contributed by atoms with E-state index in [1.165, 1.54) is 11.4 Å². The summed E-state index contributed by atoms with van der Waals surface area (Å²) in [5.41, 5.74) is 0.866. The Bertz CT molecular complexity index is 448. The Morgan fingerprint density at radius 3 is 2.79 bits per heavy atom. The van der Waals surface area contributed by atoms with Crippen LogP contribution in [0.2, 0.25) is 0 Å². The van der Waals surface area contributed by atoms with Crippen molar-refractivity contribution in [2.45, 2.75) is 0 Å². The van der Waals surface area contributed by atoms with Gasteiger partial charge in [-0.15, -0.1) is 0 Å². The molecule has 0 bridgehead atoms. The first-order valence-corrected chi connectivity index (χ1v) is 6.46. The molecule has 1 amide bonds. The fraction of sp³-hybridized carbons (Fsp3) is 0.462. The molecule has 0 radical (unpaired) electrons. The highest BCUT2D eigenvalue weighted by molar-refractivity contribution is 5.87. The number of hydrogen-bond donors (Lipinski definition) is 3. The van der Waals surface area contributed by atoms with Gasteiger partial charge in [0.25, 0.3) is 0 Å². The van der Waals surface area contributed by atoms with Crippen LogP contribution >= 0.6 is 0 Å². The molecule has 1 saturated heterocycles. The van der Waals surface area contributed by atoms with Crippen molar-refractivity contribution in [3.63, 3.8) is 0 Å². The SMILES string of the molecule is O=C([NH2+]CCO)c1ccc(N2CCNCC2)c(F)c1. The molecule has 6 heteroatoms. The molecule has 1 heterocycles. The van der Waals surface area contributed by atoms with Crippen LogP contribution < -0.4 is 15.5 Å². The number of halogens is 1. The summed E-state index contributed by atoms with van der Waals surface area (Å²) in [7, 11) is 0. The molecule has 5 nitrogen and oxygen atoms in total. The molecule has 1 aromatic rings. The Morgan fingerprint density at radius 1 is 1.42 bits per heavy atom. The fourth-order valence-corrected chi connectivity index (χ4v) is 2.14. The highest BCUT2D eigenvalue weighted by Gasteiger charge is 2.17. The summed E-state index contributed by atoms with van der Waals surface area (Å²) in [6.07, 6.45) is 0. The average molecular weight is 268 g/mol. The largest absolute Gasteiger partial charge is 0.390 e. The molecule has 0 spiro atoms. The number of aliphatic hydroxyl groups is 1. The number of nitrogens with one attached hydrogen (secondary N) is 1. The van der Waals surface area contributed by atoms with Gasteiger partial charge in [0.1, 0.15) is 12.4 Å². The van der Waals surface area contributed by atoms with Gasteiger partial charge in [-0.3, -0.25) is 5.32 Å². The van der Waals surface area contributed by atoms with E-state index in [1.54, 1.807) is 12.1 Å². The Morgan fingerprint density at radius 2 is 2.16 bits per heavy atom. The van der Waals surface area contributed by atoms with Crippen LogP contribution in [0, 0.1) is 5.82 Å². The van der Waals surface area contributed by atoms with Gasteiger partial charge in [0.2, 0.25) is 0 Å². The molecular weight excluding hydrogens is 249 g/mol. The zero-order valence-corrected chi connectivity index (χ0v) is 10.7. The first-order valence-electron chi connectivity index (χ1n) is 6.46. The summed E-state index contributed by atoms with van der Waals surface area (Å²) < 4.78 is 14.0. The molecule has 0 aromatic heterocycles. The summed E-state index contributed by atoms with van der Waals surface area (Å²) in [5, 5.41) is 13.2. The van der Waals surface area contributed by atoms with Gasteiger partial charge in [0, 0.05) is 26.2 Å². The third-order valence-corrected chi connectivity index (χ3v) is 3.15. The van der Waals surface area contributed by atoms with Crippen molar-refractivity contribution in [2.75, 3.05) is 44.2 Å². The van der Waals surface area contributed by atoms with E-state index in [0.717, 1.165) is 26.2 Å². The molecule has 1 fully saturated rings. The third kappa shape index (κ3) is 3.50. The number of hydrogen-bond acceptors (Lipinski definition) is 4. The van der Waals surface area contributed by atoms with E-state index in [1.807, 2.05) is 4.90 Å². The number of quaternary nitrogens is 1. The third-order valence-electron chi connectivity index (χ3n) is 3.15. The molecule has 1 aliphatic rings. The molecule has 1 aliphatic heterocycles. The van der Waals surface area contributed by atoms with Crippen molar-refractivity contribution >= 4 is 11.6 Å². The van der Waals surface area contributed by atoms with Crippen molar-refractivity contribution < 1.29 is 19.6 Å². The maximum atomic E-state index is 14.0. The second kappa shape index (κ2) is 6.60. The van der Waals surface area contributed by atoms with Crippen LogP contribution in [-0.2, 0) is 0 Å².